The van der Waals surface area contributed by atoms with E-state index in [2.05, 4.69) is 10.1 Å². The van der Waals surface area contributed by atoms with Gasteiger partial charge in [0, 0.05) is 11.1 Å². The van der Waals surface area contributed by atoms with Crippen LogP contribution in [0.15, 0.2) is 88.5 Å². The van der Waals surface area contributed by atoms with E-state index in [1.807, 2.05) is 12.1 Å². The highest BCUT2D eigenvalue weighted by Gasteiger charge is 2.34. The van der Waals surface area contributed by atoms with Gasteiger partial charge in [-0.3, -0.25) is 14.4 Å². The highest BCUT2D eigenvalue weighted by atomic mass is 32.1. The SMILES string of the molecule is O=C1C(=c2sc3nc(=O)c(-c4ccccc4)nn3c2=O)c2ccccc2N1Cc1ccc(F)cc1. The first-order chi connectivity index (χ1) is 17.0. The fourth-order valence-corrected chi connectivity index (χ4v) is 5.16. The Morgan fingerprint density at radius 1 is 0.857 bits per heavy atom. The number of carbonyl (C=O) groups excluding carboxylic acids is 1. The molecule has 0 bridgehead atoms. The number of rotatable bonds is 3. The topological polar surface area (TPSA) is 84.6 Å². The van der Waals surface area contributed by atoms with E-state index in [9.17, 15) is 18.8 Å². The molecule has 0 unspecified atom stereocenters. The maximum atomic E-state index is 13.6. The van der Waals surface area contributed by atoms with Crippen LogP contribution in [0.25, 0.3) is 21.8 Å². The lowest BCUT2D eigenvalue weighted by Crippen LogP contribution is -2.32. The Hall–Kier alpha value is -4.50. The second-order valence-corrected chi connectivity index (χ2v) is 8.95. The number of carbonyl (C=O) groups is 1. The summed E-state index contributed by atoms with van der Waals surface area (Å²) in [6.45, 7) is 0.214. The molecule has 0 radical (unpaired) electrons. The molecular weight excluding hydrogens is 467 g/mol. The van der Waals surface area contributed by atoms with E-state index in [0.717, 1.165) is 21.4 Å². The molecular formula is C26H15FN4O3S. The number of anilines is 1. The molecule has 2 aromatic heterocycles. The molecule has 0 atom stereocenters. The summed E-state index contributed by atoms with van der Waals surface area (Å²) in [5.74, 6) is -0.717. The molecule has 0 spiro atoms. The van der Waals surface area contributed by atoms with E-state index in [4.69, 9.17) is 0 Å². The number of amides is 1. The number of aromatic nitrogens is 3. The van der Waals surface area contributed by atoms with Crippen LogP contribution in [0, 0.1) is 5.82 Å². The summed E-state index contributed by atoms with van der Waals surface area (Å²) in [5.41, 5.74) is 1.78. The summed E-state index contributed by atoms with van der Waals surface area (Å²) in [5, 5.41) is 4.28. The molecule has 1 aliphatic rings. The summed E-state index contributed by atoms with van der Waals surface area (Å²) in [7, 11) is 0. The maximum Gasteiger partial charge on any atom is 0.300 e. The van der Waals surface area contributed by atoms with E-state index in [1.54, 1.807) is 59.5 Å². The number of hydrogen-bond acceptors (Lipinski definition) is 6. The van der Waals surface area contributed by atoms with Crippen LogP contribution in [-0.4, -0.2) is 20.5 Å². The lowest BCUT2D eigenvalue weighted by Gasteiger charge is -2.17. The van der Waals surface area contributed by atoms with Gasteiger partial charge in [0.1, 0.15) is 10.3 Å². The average Bonchev–Trinajstić information content (AvgIpc) is 3.33. The molecule has 5 aromatic rings. The number of nitrogens with zero attached hydrogens (tertiary/aromatic N) is 4. The molecule has 0 fully saturated rings. The Bertz CT molecular complexity index is 1800. The summed E-state index contributed by atoms with van der Waals surface area (Å²) < 4.78 is 14.6. The molecule has 0 aliphatic carbocycles. The van der Waals surface area contributed by atoms with Gasteiger partial charge in [-0.25, -0.2) is 4.39 Å². The first-order valence-electron chi connectivity index (χ1n) is 10.7. The third-order valence-corrected chi connectivity index (χ3v) is 6.84. The zero-order valence-corrected chi connectivity index (χ0v) is 18.8. The highest BCUT2D eigenvalue weighted by Crippen LogP contribution is 2.36. The maximum absolute atomic E-state index is 13.6. The first-order valence-corrected chi connectivity index (χ1v) is 11.5. The predicted molar refractivity (Wildman–Crippen MR) is 131 cm³/mol. The van der Waals surface area contributed by atoms with Gasteiger partial charge in [0.25, 0.3) is 11.5 Å². The van der Waals surface area contributed by atoms with Crippen molar-refractivity contribution < 1.29 is 9.18 Å². The van der Waals surface area contributed by atoms with E-state index in [0.29, 0.717) is 16.8 Å². The van der Waals surface area contributed by atoms with Crippen molar-refractivity contribution in [3.05, 3.63) is 121 Å². The molecule has 35 heavy (non-hydrogen) atoms. The zero-order valence-electron chi connectivity index (χ0n) is 18.0. The normalized spacial score (nSPS) is 14.5. The zero-order chi connectivity index (χ0) is 24.1. The van der Waals surface area contributed by atoms with Crippen molar-refractivity contribution in [2.75, 3.05) is 4.90 Å². The van der Waals surface area contributed by atoms with Gasteiger partial charge in [0.15, 0.2) is 5.69 Å². The second-order valence-electron chi connectivity index (χ2n) is 7.97. The van der Waals surface area contributed by atoms with Gasteiger partial charge in [0.2, 0.25) is 4.96 Å². The van der Waals surface area contributed by atoms with Gasteiger partial charge in [0.05, 0.1) is 17.8 Å². The van der Waals surface area contributed by atoms with E-state index in [-0.39, 0.29) is 39.0 Å². The van der Waals surface area contributed by atoms with Crippen LogP contribution in [-0.2, 0) is 11.3 Å². The van der Waals surface area contributed by atoms with Crippen LogP contribution >= 0.6 is 11.3 Å². The second kappa shape index (κ2) is 8.07. The quantitative estimate of drug-likeness (QED) is 0.395. The fraction of sp³-hybridized carbons (Fsp3) is 0.0385. The third-order valence-electron chi connectivity index (χ3n) is 5.81. The monoisotopic (exact) mass is 482 g/mol. The fourth-order valence-electron chi connectivity index (χ4n) is 4.17. The molecule has 3 heterocycles. The van der Waals surface area contributed by atoms with Crippen LogP contribution < -0.4 is 20.6 Å². The standard InChI is InChI=1S/C26H15FN4O3S/c27-17-12-10-15(11-13-17)14-30-19-9-5-4-8-18(19)20(24(30)33)22-25(34)31-26(35-22)28-23(32)21(29-31)16-6-2-1-3-7-16/h1-13H,14H2. The van der Waals surface area contributed by atoms with E-state index < -0.39 is 11.1 Å². The Labute approximate surface area is 201 Å². The molecule has 6 rings (SSSR count). The van der Waals surface area contributed by atoms with Crippen LogP contribution in [0.2, 0.25) is 0 Å². The van der Waals surface area contributed by atoms with Gasteiger partial charge >= 0.3 is 5.56 Å². The molecule has 1 aliphatic heterocycles. The summed E-state index contributed by atoms with van der Waals surface area (Å²) >= 11 is 0.960. The smallest absolute Gasteiger partial charge is 0.300 e. The van der Waals surface area contributed by atoms with Crippen LogP contribution in [0.1, 0.15) is 11.1 Å². The molecule has 7 nitrogen and oxygen atoms in total. The van der Waals surface area contributed by atoms with Crippen molar-refractivity contribution in [2.45, 2.75) is 6.54 Å². The Morgan fingerprint density at radius 3 is 2.34 bits per heavy atom. The minimum absolute atomic E-state index is 0.0608. The molecule has 3 aromatic carbocycles. The highest BCUT2D eigenvalue weighted by molar-refractivity contribution is 7.15. The van der Waals surface area contributed by atoms with Gasteiger partial charge in [-0.05, 0) is 23.8 Å². The van der Waals surface area contributed by atoms with Gasteiger partial charge in [-0.1, -0.05) is 72.0 Å². The van der Waals surface area contributed by atoms with Crippen LogP contribution in [0.4, 0.5) is 10.1 Å². The molecule has 9 heteroatoms. The number of fused-ring (bicyclic) bond motifs is 2. The largest absolute Gasteiger partial charge is 0.303 e. The summed E-state index contributed by atoms with van der Waals surface area (Å²) in [6, 6.07) is 21.9. The third kappa shape index (κ3) is 3.44. The lowest BCUT2D eigenvalue weighted by atomic mass is 10.1. The summed E-state index contributed by atoms with van der Waals surface area (Å²) in [6.07, 6.45) is 0. The van der Waals surface area contributed by atoms with Gasteiger partial charge < -0.3 is 4.90 Å². The number of thiazole rings is 1. The number of halogens is 1. The summed E-state index contributed by atoms with van der Waals surface area (Å²) in [4.78, 5) is 45.4. The van der Waals surface area contributed by atoms with Crippen LogP contribution in [0.5, 0.6) is 0 Å². The van der Waals surface area contributed by atoms with Crippen molar-refractivity contribution in [3.8, 4) is 11.3 Å². The van der Waals surface area contributed by atoms with Crippen molar-refractivity contribution in [1.29, 1.82) is 0 Å². The minimum Gasteiger partial charge on any atom is -0.303 e. The molecule has 1 amide bonds. The number of hydrogen-bond donors (Lipinski definition) is 0. The number of para-hydroxylation sites is 1. The Kier molecular flexibility index (Phi) is 4.85. The molecule has 0 saturated heterocycles. The van der Waals surface area contributed by atoms with Crippen molar-refractivity contribution in [2.24, 2.45) is 0 Å². The van der Waals surface area contributed by atoms with E-state index >= 15 is 0 Å². The first kappa shape index (κ1) is 21.1. The number of benzene rings is 3. The lowest BCUT2D eigenvalue weighted by molar-refractivity contribution is -0.113. The Morgan fingerprint density at radius 2 is 1.57 bits per heavy atom. The predicted octanol–water partition coefficient (Wildman–Crippen LogP) is 2.78. The van der Waals surface area contributed by atoms with Crippen LogP contribution in [0.3, 0.4) is 0 Å². The molecule has 170 valence electrons. The van der Waals surface area contributed by atoms with Crippen molar-refractivity contribution in [1.82, 2.24) is 14.6 Å². The molecule has 0 N–H and O–H groups in total. The van der Waals surface area contributed by atoms with Gasteiger partial charge in [-0.15, -0.1) is 0 Å². The van der Waals surface area contributed by atoms with Crippen molar-refractivity contribution >= 4 is 33.5 Å². The van der Waals surface area contributed by atoms with Gasteiger partial charge in [-0.2, -0.15) is 14.6 Å². The molecule has 0 saturated carbocycles. The Balaban J connectivity index is 1.55. The average molecular weight is 482 g/mol. The van der Waals surface area contributed by atoms with Crippen molar-refractivity contribution in [3.63, 3.8) is 0 Å². The van der Waals surface area contributed by atoms with E-state index in [1.165, 1.54) is 12.1 Å². The minimum atomic E-state index is -0.551.